The number of hydrogen-bond donors (Lipinski definition) is 1. The summed E-state index contributed by atoms with van der Waals surface area (Å²) in [6.07, 6.45) is -3.16. The molecule has 1 amide bonds. The fourth-order valence-corrected chi connectivity index (χ4v) is 4.44. The molecule has 1 N–H and O–H groups in total. The molecule has 30 heavy (non-hydrogen) atoms. The molecule has 0 bridgehead atoms. The lowest BCUT2D eigenvalue weighted by Crippen LogP contribution is -2.39. The molecule has 10 heteroatoms. The number of carbonyl (C=O) groups excluding carboxylic acids is 1. The molecule has 0 saturated carbocycles. The molecule has 0 radical (unpaired) electrons. The number of methoxy groups -OCH3 is 1. The van der Waals surface area contributed by atoms with Gasteiger partial charge in [-0.25, -0.2) is 13.1 Å². The molecule has 3 rings (SSSR count). The minimum absolute atomic E-state index is 0.193. The topological polar surface area (TPSA) is 75.7 Å². The minimum atomic E-state index is -4.66. The Morgan fingerprint density at radius 1 is 1.20 bits per heavy atom. The molecule has 0 spiro atoms. The summed E-state index contributed by atoms with van der Waals surface area (Å²) in [6.45, 7) is -0.0634. The molecule has 0 aromatic heterocycles. The SMILES string of the molecule is COc1ccc(C2CCCN2C(=O)CNS(=O)(=O)c2cccc(C(F)(F)F)c2)cc1. The van der Waals surface area contributed by atoms with Crippen LogP contribution in [0, 0.1) is 0 Å². The van der Waals surface area contributed by atoms with Crippen molar-refractivity contribution < 1.29 is 31.1 Å². The highest BCUT2D eigenvalue weighted by molar-refractivity contribution is 7.89. The molecule has 2 aromatic rings. The van der Waals surface area contributed by atoms with Gasteiger partial charge in [0.15, 0.2) is 0 Å². The van der Waals surface area contributed by atoms with Crippen molar-refractivity contribution in [2.75, 3.05) is 20.2 Å². The summed E-state index contributed by atoms with van der Waals surface area (Å²) >= 11 is 0. The van der Waals surface area contributed by atoms with E-state index in [0.717, 1.165) is 36.6 Å². The number of ether oxygens (including phenoxy) is 1. The number of benzene rings is 2. The number of carbonyl (C=O) groups is 1. The first-order chi connectivity index (χ1) is 14.1. The average Bonchev–Trinajstić information content (AvgIpc) is 3.21. The van der Waals surface area contributed by atoms with E-state index in [9.17, 15) is 26.4 Å². The third kappa shape index (κ3) is 4.93. The van der Waals surface area contributed by atoms with Crippen molar-refractivity contribution in [3.8, 4) is 5.75 Å². The standard InChI is InChI=1S/C20H21F3N2O4S/c1-29-16-9-7-14(8-10-16)18-6-3-11-25(18)19(26)13-24-30(27,28)17-5-2-4-15(12-17)20(21,22)23/h2,4-5,7-10,12,18,24H,3,6,11,13H2,1H3. The molecular formula is C20H21F3N2O4S. The molecule has 1 fully saturated rings. The monoisotopic (exact) mass is 442 g/mol. The van der Waals surface area contributed by atoms with E-state index in [2.05, 4.69) is 4.72 Å². The zero-order chi connectivity index (χ0) is 21.9. The Kier molecular flexibility index (Phi) is 6.37. The van der Waals surface area contributed by atoms with Crippen molar-refractivity contribution >= 4 is 15.9 Å². The number of hydrogen-bond acceptors (Lipinski definition) is 4. The maximum Gasteiger partial charge on any atom is 0.416 e. The number of halogens is 3. The molecule has 6 nitrogen and oxygen atoms in total. The van der Waals surface area contributed by atoms with E-state index in [1.54, 1.807) is 24.1 Å². The Morgan fingerprint density at radius 2 is 1.90 bits per heavy atom. The van der Waals surface area contributed by atoms with Gasteiger partial charge < -0.3 is 9.64 Å². The maximum absolute atomic E-state index is 12.8. The number of nitrogens with zero attached hydrogens (tertiary/aromatic N) is 1. The largest absolute Gasteiger partial charge is 0.497 e. The van der Waals surface area contributed by atoms with Crippen LogP contribution in [0.5, 0.6) is 5.75 Å². The molecule has 1 aliphatic rings. The van der Waals surface area contributed by atoms with E-state index in [1.165, 1.54) is 0 Å². The first kappa shape index (κ1) is 22.1. The highest BCUT2D eigenvalue weighted by Gasteiger charge is 2.33. The second-order valence-electron chi connectivity index (χ2n) is 6.87. The molecular weight excluding hydrogens is 421 g/mol. The Hall–Kier alpha value is -2.59. The van der Waals surface area contributed by atoms with Crippen LogP contribution in [0.2, 0.25) is 0 Å². The van der Waals surface area contributed by atoms with Gasteiger partial charge in [-0.15, -0.1) is 0 Å². The predicted octanol–water partition coefficient (Wildman–Crippen LogP) is 3.36. The third-order valence-electron chi connectivity index (χ3n) is 4.96. The zero-order valence-corrected chi connectivity index (χ0v) is 17.0. The van der Waals surface area contributed by atoms with Crippen molar-refractivity contribution in [2.24, 2.45) is 0 Å². The average molecular weight is 442 g/mol. The maximum atomic E-state index is 12.8. The molecule has 1 unspecified atom stereocenters. The first-order valence-corrected chi connectivity index (χ1v) is 10.7. The van der Waals surface area contributed by atoms with E-state index < -0.39 is 39.1 Å². The summed E-state index contributed by atoms with van der Waals surface area (Å²) in [5, 5.41) is 0. The van der Waals surface area contributed by atoms with E-state index in [1.807, 2.05) is 12.1 Å². The van der Waals surface area contributed by atoms with Gasteiger partial charge in [0.25, 0.3) is 0 Å². The van der Waals surface area contributed by atoms with E-state index >= 15 is 0 Å². The number of rotatable bonds is 6. The van der Waals surface area contributed by atoms with Crippen LogP contribution in [0.25, 0.3) is 0 Å². The van der Waals surface area contributed by atoms with Gasteiger partial charge in [0.05, 0.1) is 30.2 Å². The summed E-state index contributed by atoms with van der Waals surface area (Å²) in [7, 11) is -2.72. The molecule has 1 heterocycles. The normalized spacial score (nSPS) is 17.2. The van der Waals surface area contributed by atoms with Crippen LogP contribution < -0.4 is 9.46 Å². The van der Waals surface area contributed by atoms with Crippen LogP contribution in [0.15, 0.2) is 53.4 Å². The van der Waals surface area contributed by atoms with Gasteiger partial charge in [-0.05, 0) is 48.7 Å². The first-order valence-electron chi connectivity index (χ1n) is 9.22. The molecule has 1 aliphatic heterocycles. The Morgan fingerprint density at radius 3 is 2.53 bits per heavy atom. The van der Waals surface area contributed by atoms with Crippen LogP contribution in [-0.2, 0) is 21.0 Å². The fourth-order valence-electron chi connectivity index (χ4n) is 3.42. The van der Waals surface area contributed by atoms with E-state index in [4.69, 9.17) is 4.74 Å². The van der Waals surface area contributed by atoms with Gasteiger partial charge in [-0.1, -0.05) is 18.2 Å². The van der Waals surface area contributed by atoms with E-state index in [0.29, 0.717) is 18.4 Å². The van der Waals surface area contributed by atoms with Crippen LogP contribution >= 0.6 is 0 Å². The van der Waals surface area contributed by atoms with Crippen molar-refractivity contribution in [1.29, 1.82) is 0 Å². The van der Waals surface area contributed by atoms with Gasteiger partial charge in [0, 0.05) is 6.54 Å². The fraction of sp³-hybridized carbons (Fsp3) is 0.350. The van der Waals surface area contributed by atoms with Gasteiger partial charge in [-0.3, -0.25) is 4.79 Å². The van der Waals surface area contributed by atoms with Crippen molar-refractivity contribution in [2.45, 2.75) is 30.0 Å². The summed E-state index contributed by atoms with van der Waals surface area (Å²) < 4.78 is 70.5. The second-order valence-corrected chi connectivity index (χ2v) is 8.64. The number of alkyl halides is 3. The Labute approximate surface area is 172 Å². The number of nitrogens with one attached hydrogen (secondary N) is 1. The van der Waals surface area contributed by atoms with Crippen LogP contribution in [0.3, 0.4) is 0 Å². The van der Waals surface area contributed by atoms with Crippen LogP contribution in [0.1, 0.15) is 30.0 Å². The lowest BCUT2D eigenvalue weighted by Gasteiger charge is -2.25. The zero-order valence-electron chi connectivity index (χ0n) is 16.1. The second kappa shape index (κ2) is 8.65. The quantitative estimate of drug-likeness (QED) is 0.745. The number of amides is 1. The number of sulfonamides is 1. The lowest BCUT2D eigenvalue weighted by molar-refractivity contribution is -0.137. The van der Waals surface area contributed by atoms with E-state index in [-0.39, 0.29) is 6.04 Å². The summed E-state index contributed by atoms with van der Waals surface area (Å²) in [4.78, 5) is 13.7. The van der Waals surface area contributed by atoms with Crippen molar-refractivity contribution in [3.05, 3.63) is 59.7 Å². The molecule has 2 aromatic carbocycles. The lowest BCUT2D eigenvalue weighted by atomic mass is 10.0. The Balaban J connectivity index is 1.69. The highest BCUT2D eigenvalue weighted by Crippen LogP contribution is 2.33. The highest BCUT2D eigenvalue weighted by atomic mass is 32.2. The molecule has 1 atom stereocenters. The third-order valence-corrected chi connectivity index (χ3v) is 6.36. The van der Waals surface area contributed by atoms with Gasteiger partial charge >= 0.3 is 6.18 Å². The van der Waals surface area contributed by atoms with Gasteiger partial charge in [0.2, 0.25) is 15.9 Å². The van der Waals surface area contributed by atoms with Gasteiger partial charge in [0.1, 0.15) is 5.75 Å². The van der Waals surface area contributed by atoms with Gasteiger partial charge in [-0.2, -0.15) is 13.2 Å². The van der Waals surface area contributed by atoms with Crippen LogP contribution in [-0.4, -0.2) is 39.4 Å². The van der Waals surface area contributed by atoms with Crippen molar-refractivity contribution in [3.63, 3.8) is 0 Å². The summed E-state index contributed by atoms with van der Waals surface area (Å²) in [6, 6.07) is 10.5. The smallest absolute Gasteiger partial charge is 0.416 e. The Bertz CT molecular complexity index is 1010. The summed E-state index contributed by atoms with van der Waals surface area (Å²) in [5.74, 6) is 0.243. The molecule has 0 aliphatic carbocycles. The minimum Gasteiger partial charge on any atom is -0.497 e. The van der Waals surface area contributed by atoms with Crippen LogP contribution in [0.4, 0.5) is 13.2 Å². The molecule has 162 valence electrons. The van der Waals surface area contributed by atoms with Crippen molar-refractivity contribution in [1.82, 2.24) is 9.62 Å². The number of likely N-dealkylation sites (tertiary alicyclic amines) is 1. The summed E-state index contributed by atoms with van der Waals surface area (Å²) in [5.41, 5.74) is -0.168. The predicted molar refractivity (Wildman–Crippen MR) is 103 cm³/mol. The molecule has 1 saturated heterocycles.